The maximum absolute atomic E-state index is 9.61. The molecule has 0 fully saturated rings. The SMILES string of the molecule is COc1cc(-c2cn3cc(I)ccc3n2)ccc1O. The van der Waals surface area contributed by atoms with Gasteiger partial charge in [0.05, 0.1) is 12.8 Å². The number of aromatic hydroxyl groups is 1. The summed E-state index contributed by atoms with van der Waals surface area (Å²) in [5.74, 6) is 0.577. The van der Waals surface area contributed by atoms with Crippen molar-refractivity contribution in [3.05, 3.63) is 46.3 Å². The van der Waals surface area contributed by atoms with E-state index in [0.29, 0.717) is 5.75 Å². The summed E-state index contributed by atoms with van der Waals surface area (Å²) >= 11 is 2.27. The zero-order chi connectivity index (χ0) is 13.4. The Morgan fingerprint density at radius 2 is 2.05 bits per heavy atom. The number of phenols is 1. The van der Waals surface area contributed by atoms with Gasteiger partial charge in [-0.05, 0) is 52.9 Å². The largest absolute Gasteiger partial charge is 0.504 e. The molecule has 0 spiro atoms. The smallest absolute Gasteiger partial charge is 0.161 e. The molecule has 0 radical (unpaired) electrons. The summed E-state index contributed by atoms with van der Waals surface area (Å²) in [7, 11) is 1.53. The molecule has 0 saturated carbocycles. The third-order valence-electron chi connectivity index (χ3n) is 2.89. The number of nitrogens with zero attached hydrogens (tertiary/aromatic N) is 2. The predicted octanol–water partition coefficient (Wildman–Crippen LogP) is 3.32. The fourth-order valence-electron chi connectivity index (χ4n) is 1.94. The van der Waals surface area contributed by atoms with Crippen LogP contribution in [-0.4, -0.2) is 21.6 Å². The van der Waals surface area contributed by atoms with E-state index in [-0.39, 0.29) is 5.75 Å². The van der Waals surface area contributed by atoms with Gasteiger partial charge in [0.1, 0.15) is 5.65 Å². The molecule has 1 aromatic carbocycles. The Kier molecular flexibility index (Phi) is 3.06. The van der Waals surface area contributed by atoms with Crippen LogP contribution in [0, 0.1) is 3.57 Å². The number of halogens is 1. The average Bonchev–Trinajstić information content (AvgIpc) is 2.82. The lowest BCUT2D eigenvalue weighted by molar-refractivity contribution is 0.373. The number of phenolic OH excluding ortho intramolecular Hbond substituents is 1. The molecule has 0 aliphatic heterocycles. The van der Waals surface area contributed by atoms with Crippen molar-refractivity contribution < 1.29 is 9.84 Å². The van der Waals surface area contributed by atoms with Crippen LogP contribution < -0.4 is 4.74 Å². The Morgan fingerprint density at radius 3 is 2.84 bits per heavy atom. The van der Waals surface area contributed by atoms with Gasteiger partial charge in [-0.15, -0.1) is 0 Å². The minimum absolute atomic E-state index is 0.129. The highest BCUT2D eigenvalue weighted by Crippen LogP contribution is 2.31. The topological polar surface area (TPSA) is 46.8 Å². The molecular weight excluding hydrogens is 355 g/mol. The summed E-state index contributed by atoms with van der Waals surface area (Å²) in [4.78, 5) is 4.55. The van der Waals surface area contributed by atoms with Gasteiger partial charge in [-0.2, -0.15) is 0 Å². The number of hydrogen-bond acceptors (Lipinski definition) is 3. The summed E-state index contributed by atoms with van der Waals surface area (Å²) in [6.45, 7) is 0. The number of ether oxygens (including phenoxy) is 1. The lowest BCUT2D eigenvalue weighted by atomic mass is 10.1. The molecule has 3 rings (SSSR count). The predicted molar refractivity (Wildman–Crippen MR) is 81.6 cm³/mol. The first-order valence-corrected chi connectivity index (χ1v) is 6.77. The first kappa shape index (κ1) is 12.3. The van der Waals surface area contributed by atoms with E-state index >= 15 is 0 Å². The number of hydrogen-bond donors (Lipinski definition) is 1. The van der Waals surface area contributed by atoms with E-state index < -0.39 is 0 Å². The van der Waals surface area contributed by atoms with Crippen LogP contribution in [-0.2, 0) is 0 Å². The molecule has 5 heteroatoms. The van der Waals surface area contributed by atoms with Gasteiger partial charge in [0, 0.05) is 21.5 Å². The Labute approximate surface area is 123 Å². The average molecular weight is 366 g/mol. The van der Waals surface area contributed by atoms with E-state index in [1.54, 1.807) is 12.1 Å². The minimum Gasteiger partial charge on any atom is -0.504 e. The van der Waals surface area contributed by atoms with Crippen molar-refractivity contribution in [1.29, 1.82) is 0 Å². The fourth-order valence-corrected chi connectivity index (χ4v) is 2.42. The van der Waals surface area contributed by atoms with E-state index in [0.717, 1.165) is 20.5 Å². The van der Waals surface area contributed by atoms with Crippen LogP contribution in [0.1, 0.15) is 0 Å². The molecule has 96 valence electrons. The molecule has 2 aromatic heterocycles. The van der Waals surface area contributed by atoms with Crippen LogP contribution in [0.3, 0.4) is 0 Å². The first-order chi connectivity index (χ1) is 9.17. The van der Waals surface area contributed by atoms with E-state index in [4.69, 9.17) is 4.74 Å². The van der Waals surface area contributed by atoms with Gasteiger partial charge < -0.3 is 14.2 Å². The number of benzene rings is 1. The second-order valence-electron chi connectivity index (χ2n) is 4.13. The van der Waals surface area contributed by atoms with Crippen LogP contribution in [0.5, 0.6) is 11.5 Å². The summed E-state index contributed by atoms with van der Waals surface area (Å²) in [6.07, 6.45) is 3.98. The molecule has 0 atom stereocenters. The van der Waals surface area contributed by atoms with Crippen molar-refractivity contribution in [3.63, 3.8) is 0 Å². The Hall–Kier alpha value is -1.76. The lowest BCUT2D eigenvalue weighted by Crippen LogP contribution is -1.85. The van der Waals surface area contributed by atoms with E-state index in [1.165, 1.54) is 7.11 Å². The minimum atomic E-state index is 0.129. The van der Waals surface area contributed by atoms with Gasteiger partial charge in [-0.3, -0.25) is 0 Å². The van der Waals surface area contributed by atoms with Crippen molar-refractivity contribution in [2.75, 3.05) is 7.11 Å². The fraction of sp³-hybridized carbons (Fsp3) is 0.0714. The van der Waals surface area contributed by atoms with Gasteiger partial charge in [0.15, 0.2) is 11.5 Å². The van der Waals surface area contributed by atoms with Gasteiger partial charge in [0.2, 0.25) is 0 Å². The summed E-state index contributed by atoms with van der Waals surface area (Å²) in [5, 5.41) is 9.61. The van der Waals surface area contributed by atoms with Gasteiger partial charge in [-0.1, -0.05) is 0 Å². The lowest BCUT2D eigenvalue weighted by Gasteiger charge is -2.04. The van der Waals surface area contributed by atoms with Crippen LogP contribution in [0.2, 0.25) is 0 Å². The molecule has 0 aliphatic rings. The molecule has 0 bridgehead atoms. The number of methoxy groups -OCH3 is 1. The van der Waals surface area contributed by atoms with Crippen molar-refractivity contribution in [2.45, 2.75) is 0 Å². The van der Waals surface area contributed by atoms with Gasteiger partial charge in [0.25, 0.3) is 0 Å². The molecule has 0 unspecified atom stereocenters. The number of imidazole rings is 1. The molecule has 0 aliphatic carbocycles. The second kappa shape index (κ2) is 4.73. The summed E-state index contributed by atoms with van der Waals surface area (Å²) in [5.41, 5.74) is 2.65. The monoisotopic (exact) mass is 366 g/mol. The van der Waals surface area contributed by atoms with Crippen LogP contribution in [0.25, 0.3) is 16.9 Å². The summed E-state index contributed by atoms with van der Waals surface area (Å²) < 4.78 is 8.25. The number of pyridine rings is 1. The number of fused-ring (bicyclic) bond motifs is 1. The first-order valence-electron chi connectivity index (χ1n) is 5.69. The van der Waals surface area contributed by atoms with Crippen molar-refractivity contribution in [2.24, 2.45) is 0 Å². The molecule has 4 nitrogen and oxygen atoms in total. The van der Waals surface area contributed by atoms with Crippen LogP contribution >= 0.6 is 22.6 Å². The van der Waals surface area contributed by atoms with Crippen molar-refractivity contribution >= 4 is 28.2 Å². The number of aromatic nitrogens is 2. The molecule has 0 saturated heterocycles. The maximum atomic E-state index is 9.61. The molecule has 2 heterocycles. The third kappa shape index (κ3) is 2.25. The highest BCUT2D eigenvalue weighted by atomic mass is 127. The maximum Gasteiger partial charge on any atom is 0.161 e. The number of rotatable bonds is 2. The standard InChI is InChI=1S/C14H11IN2O2/c1-19-13-6-9(2-4-12(13)18)11-8-17-7-10(15)3-5-14(17)16-11/h2-8,18H,1H3. The zero-order valence-corrected chi connectivity index (χ0v) is 12.3. The molecule has 1 N–H and O–H groups in total. The second-order valence-corrected chi connectivity index (χ2v) is 5.37. The molecule has 0 amide bonds. The Bertz CT molecular complexity index is 752. The zero-order valence-electron chi connectivity index (χ0n) is 10.2. The van der Waals surface area contributed by atoms with Crippen LogP contribution in [0.15, 0.2) is 42.7 Å². The van der Waals surface area contributed by atoms with E-state index in [1.807, 2.05) is 35.0 Å². The Balaban J connectivity index is 2.13. The van der Waals surface area contributed by atoms with Gasteiger partial charge in [-0.25, -0.2) is 4.98 Å². The molecule has 19 heavy (non-hydrogen) atoms. The third-order valence-corrected chi connectivity index (χ3v) is 3.53. The Morgan fingerprint density at radius 1 is 1.21 bits per heavy atom. The highest BCUT2D eigenvalue weighted by molar-refractivity contribution is 14.1. The normalized spacial score (nSPS) is 10.8. The molecular formula is C14H11IN2O2. The van der Waals surface area contributed by atoms with E-state index in [9.17, 15) is 5.11 Å². The van der Waals surface area contributed by atoms with E-state index in [2.05, 4.69) is 27.6 Å². The van der Waals surface area contributed by atoms with Gasteiger partial charge >= 0.3 is 0 Å². The highest BCUT2D eigenvalue weighted by Gasteiger charge is 2.08. The van der Waals surface area contributed by atoms with Crippen molar-refractivity contribution in [3.8, 4) is 22.8 Å². The quantitative estimate of drug-likeness (QED) is 0.708. The van der Waals surface area contributed by atoms with Crippen molar-refractivity contribution in [1.82, 2.24) is 9.38 Å². The van der Waals surface area contributed by atoms with Crippen LogP contribution in [0.4, 0.5) is 0 Å². The summed E-state index contributed by atoms with van der Waals surface area (Å²) in [6, 6.07) is 9.21. The molecule has 3 aromatic rings.